The number of amides is 1. The number of halogens is 1. The largest absolute Gasteiger partial charge is 0.293 e. The zero-order valence-electron chi connectivity index (χ0n) is 14.1. The van der Waals surface area contributed by atoms with Gasteiger partial charge in [0.1, 0.15) is 17.2 Å². The van der Waals surface area contributed by atoms with Crippen molar-refractivity contribution in [3.05, 3.63) is 40.3 Å². The zero-order valence-corrected chi connectivity index (χ0v) is 16.5. The molecule has 4 rings (SSSR count). The predicted octanol–water partition coefficient (Wildman–Crippen LogP) is 5.51. The summed E-state index contributed by atoms with van der Waals surface area (Å²) in [6, 6.07) is 8.26. The lowest BCUT2D eigenvalue weighted by Crippen LogP contribution is -2.41. The summed E-state index contributed by atoms with van der Waals surface area (Å²) in [6.45, 7) is 1.67. The maximum absolute atomic E-state index is 12.7. The summed E-state index contributed by atoms with van der Waals surface area (Å²) in [5, 5.41) is 2.05. The van der Waals surface area contributed by atoms with Crippen LogP contribution in [-0.2, 0) is 4.79 Å². The van der Waals surface area contributed by atoms with Crippen LogP contribution < -0.4 is 4.90 Å². The van der Waals surface area contributed by atoms with Gasteiger partial charge in [0.05, 0.1) is 4.88 Å². The molecule has 6 heteroatoms. The molecular weight excluding hydrogens is 398 g/mol. The van der Waals surface area contributed by atoms with Gasteiger partial charge in [-0.25, -0.2) is 4.98 Å². The van der Waals surface area contributed by atoms with Gasteiger partial charge in [-0.2, -0.15) is 0 Å². The molecule has 1 aliphatic carbocycles. The lowest BCUT2D eigenvalue weighted by atomic mass is 9.94. The Morgan fingerprint density at radius 2 is 2.08 bits per heavy atom. The molecule has 0 saturated heterocycles. The maximum Gasteiger partial charge on any atom is 0.225 e. The van der Waals surface area contributed by atoms with Crippen molar-refractivity contribution in [2.45, 2.75) is 45.1 Å². The topological polar surface area (TPSA) is 37.6 Å². The molecule has 1 aliphatic rings. The van der Waals surface area contributed by atoms with Gasteiger partial charge in [0.25, 0.3) is 0 Å². The molecule has 130 valence electrons. The summed E-state index contributed by atoms with van der Waals surface area (Å²) >= 11 is 5.28. The first-order chi connectivity index (χ1) is 12.2. The van der Waals surface area contributed by atoms with Crippen LogP contribution in [0.1, 0.15) is 39.0 Å². The van der Waals surface area contributed by atoms with Crippen molar-refractivity contribution in [3.8, 4) is 10.6 Å². The number of carbonyl (C=O) groups is 1. The lowest BCUT2D eigenvalue weighted by Gasteiger charge is -2.33. The first-order valence-electron chi connectivity index (χ1n) is 8.67. The number of anilines is 1. The maximum atomic E-state index is 12.7. The number of rotatable bonds is 3. The summed E-state index contributed by atoms with van der Waals surface area (Å²) in [5.74, 6) is 0.990. The smallest absolute Gasteiger partial charge is 0.225 e. The number of carbonyl (C=O) groups excluding carboxylic acids is 1. The molecule has 1 saturated carbocycles. The first kappa shape index (κ1) is 16.8. The van der Waals surface area contributed by atoms with E-state index < -0.39 is 0 Å². The van der Waals surface area contributed by atoms with Crippen LogP contribution in [0.3, 0.4) is 0 Å². The molecule has 0 spiro atoms. The van der Waals surface area contributed by atoms with E-state index in [1.807, 2.05) is 40.7 Å². The Hall–Kier alpha value is -1.66. The number of nitrogens with zero attached hydrogens (tertiary/aromatic N) is 3. The van der Waals surface area contributed by atoms with E-state index in [-0.39, 0.29) is 11.9 Å². The van der Waals surface area contributed by atoms with Crippen molar-refractivity contribution in [1.82, 2.24) is 9.38 Å². The van der Waals surface area contributed by atoms with Crippen LogP contribution >= 0.6 is 27.3 Å². The molecule has 0 atom stereocenters. The zero-order chi connectivity index (χ0) is 17.4. The average Bonchev–Trinajstić information content (AvgIpc) is 3.20. The van der Waals surface area contributed by atoms with Crippen molar-refractivity contribution in [2.24, 2.45) is 0 Å². The third kappa shape index (κ3) is 3.02. The fraction of sp³-hybridized carbons (Fsp3) is 0.368. The number of thiophene rings is 1. The van der Waals surface area contributed by atoms with Crippen LogP contribution in [-0.4, -0.2) is 21.3 Å². The highest BCUT2D eigenvalue weighted by Gasteiger charge is 2.31. The Balaban J connectivity index is 1.94. The first-order valence-corrected chi connectivity index (χ1v) is 10.3. The number of hydrogen-bond acceptors (Lipinski definition) is 3. The van der Waals surface area contributed by atoms with Gasteiger partial charge in [0.15, 0.2) is 0 Å². The number of imidazole rings is 1. The van der Waals surface area contributed by atoms with Gasteiger partial charge >= 0.3 is 0 Å². The van der Waals surface area contributed by atoms with Crippen LogP contribution in [0.15, 0.2) is 40.3 Å². The molecular formula is C19H20BrN3OS. The second-order valence-corrected chi connectivity index (χ2v) is 8.26. The molecule has 0 radical (unpaired) electrons. The number of fused-ring (bicyclic) bond motifs is 1. The summed E-state index contributed by atoms with van der Waals surface area (Å²) in [4.78, 5) is 20.6. The van der Waals surface area contributed by atoms with Crippen molar-refractivity contribution in [2.75, 3.05) is 4.90 Å². The summed E-state index contributed by atoms with van der Waals surface area (Å²) < 4.78 is 3.08. The van der Waals surface area contributed by atoms with Crippen LogP contribution in [0.2, 0.25) is 0 Å². The van der Waals surface area contributed by atoms with Crippen molar-refractivity contribution >= 4 is 44.6 Å². The van der Waals surface area contributed by atoms with Crippen molar-refractivity contribution < 1.29 is 4.79 Å². The molecule has 3 heterocycles. The highest BCUT2D eigenvalue weighted by molar-refractivity contribution is 9.10. The van der Waals surface area contributed by atoms with E-state index in [0.717, 1.165) is 39.4 Å². The Labute approximate surface area is 159 Å². The molecule has 4 nitrogen and oxygen atoms in total. The van der Waals surface area contributed by atoms with Crippen LogP contribution in [0.5, 0.6) is 0 Å². The molecule has 0 aliphatic heterocycles. The molecule has 0 N–H and O–H groups in total. The van der Waals surface area contributed by atoms with E-state index in [9.17, 15) is 4.79 Å². The fourth-order valence-electron chi connectivity index (χ4n) is 3.75. The standard InChI is InChI=1S/C19H20BrN3OS/c1-13(24)23(14-7-3-2-4-8-14)19-17(18-15(20)10-12-25-18)21-16-9-5-6-11-22(16)19/h5-6,9-12,14H,2-4,7-8H2,1H3. The average molecular weight is 418 g/mol. The fourth-order valence-corrected chi connectivity index (χ4v) is 5.29. The minimum atomic E-state index is 0.0893. The Bertz CT molecular complexity index is 910. The number of pyridine rings is 1. The van der Waals surface area contributed by atoms with E-state index in [2.05, 4.69) is 20.3 Å². The second-order valence-electron chi connectivity index (χ2n) is 6.49. The molecule has 3 aromatic heterocycles. The summed E-state index contributed by atoms with van der Waals surface area (Å²) in [7, 11) is 0. The summed E-state index contributed by atoms with van der Waals surface area (Å²) in [5.41, 5.74) is 1.75. The molecule has 1 fully saturated rings. The Kier molecular flexibility index (Phi) is 4.65. The van der Waals surface area contributed by atoms with Gasteiger partial charge in [0, 0.05) is 23.6 Å². The highest BCUT2D eigenvalue weighted by Crippen LogP contribution is 2.41. The van der Waals surface area contributed by atoms with E-state index in [4.69, 9.17) is 4.98 Å². The number of aromatic nitrogens is 2. The van der Waals surface area contributed by atoms with E-state index in [1.165, 1.54) is 19.3 Å². The quantitative estimate of drug-likeness (QED) is 0.563. The molecule has 0 unspecified atom stereocenters. The van der Waals surface area contributed by atoms with Gasteiger partial charge in [-0.05, 0) is 52.4 Å². The van der Waals surface area contributed by atoms with Crippen LogP contribution in [0.25, 0.3) is 16.2 Å². The number of hydrogen-bond donors (Lipinski definition) is 0. The van der Waals surface area contributed by atoms with E-state index >= 15 is 0 Å². The minimum absolute atomic E-state index is 0.0893. The Morgan fingerprint density at radius 3 is 2.76 bits per heavy atom. The van der Waals surface area contributed by atoms with Gasteiger partial charge in [-0.3, -0.25) is 14.1 Å². The van der Waals surface area contributed by atoms with Gasteiger partial charge in [0.2, 0.25) is 5.91 Å². The van der Waals surface area contributed by atoms with Gasteiger partial charge < -0.3 is 0 Å². The predicted molar refractivity (Wildman–Crippen MR) is 106 cm³/mol. The molecule has 25 heavy (non-hydrogen) atoms. The summed E-state index contributed by atoms with van der Waals surface area (Å²) in [6.07, 6.45) is 7.75. The van der Waals surface area contributed by atoms with Crippen LogP contribution in [0, 0.1) is 0 Å². The Morgan fingerprint density at radius 1 is 1.28 bits per heavy atom. The molecule has 3 aromatic rings. The molecule has 1 amide bonds. The second kappa shape index (κ2) is 6.92. The van der Waals surface area contributed by atoms with Gasteiger partial charge in [-0.1, -0.05) is 25.3 Å². The van der Waals surface area contributed by atoms with E-state index in [0.29, 0.717) is 0 Å². The third-order valence-electron chi connectivity index (χ3n) is 4.84. The van der Waals surface area contributed by atoms with Crippen molar-refractivity contribution in [3.63, 3.8) is 0 Å². The van der Waals surface area contributed by atoms with E-state index in [1.54, 1.807) is 18.3 Å². The van der Waals surface area contributed by atoms with Crippen LogP contribution in [0.4, 0.5) is 5.82 Å². The third-order valence-corrected chi connectivity index (χ3v) is 6.69. The monoisotopic (exact) mass is 417 g/mol. The lowest BCUT2D eigenvalue weighted by molar-refractivity contribution is -0.117. The SMILES string of the molecule is CC(=O)N(c1c(-c2sccc2Br)nc2ccccn12)C1CCCCC1. The van der Waals surface area contributed by atoms with Crippen molar-refractivity contribution in [1.29, 1.82) is 0 Å². The minimum Gasteiger partial charge on any atom is -0.293 e. The normalized spacial score (nSPS) is 15.6. The highest BCUT2D eigenvalue weighted by atomic mass is 79.9. The molecule has 0 bridgehead atoms. The van der Waals surface area contributed by atoms with Gasteiger partial charge in [-0.15, -0.1) is 11.3 Å². The molecule has 0 aromatic carbocycles.